The third kappa shape index (κ3) is 4.49. The maximum atomic E-state index is 5.57. The summed E-state index contributed by atoms with van der Waals surface area (Å²) in [7, 11) is 0. The average molecular weight is 215 g/mol. The highest BCUT2D eigenvalue weighted by atomic mass is 16.5. The van der Waals surface area contributed by atoms with Crippen LogP contribution in [0.4, 0.5) is 0 Å². The van der Waals surface area contributed by atoms with Crippen LogP contribution in [0.2, 0.25) is 0 Å². The zero-order valence-electron chi connectivity index (χ0n) is 10.2. The van der Waals surface area contributed by atoms with E-state index >= 15 is 0 Å². The molecule has 0 aromatic carbocycles. The fourth-order valence-electron chi connectivity index (χ4n) is 2.00. The van der Waals surface area contributed by atoms with E-state index in [1.54, 1.807) is 0 Å². The Morgan fingerprint density at radius 2 is 2.20 bits per heavy atom. The summed E-state index contributed by atoms with van der Waals surface area (Å²) >= 11 is 0. The summed E-state index contributed by atoms with van der Waals surface area (Å²) in [6.45, 7) is 9.98. The third-order valence-corrected chi connectivity index (χ3v) is 3.06. The Morgan fingerprint density at radius 1 is 1.33 bits per heavy atom. The Hall–Kier alpha value is -0.120. The van der Waals surface area contributed by atoms with Gasteiger partial charge in [-0.3, -0.25) is 0 Å². The summed E-state index contributed by atoms with van der Waals surface area (Å²) in [4.78, 5) is 0. The van der Waals surface area contributed by atoms with E-state index < -0.39 is 0 Å². The summed E-state index contributed by atoms with van der Waals surface area (Å²) in [5, 5.41) is 3.44. The van der Waals surface area contributed by atoms with Gasteiger partial charge in [-0.25, -0.2) is 0 Å². The van der Waals surface area contributed by atoms with Crippen molar-refractivity contribution in [2.75, 3.05) is 39.5 Å². The summed E-state index contributed by atoms with van der Waals surface area (Å²) in [5.74, 6) is 0. The molecule has 0 spiro atoms. The van der Waals surface area contributed by atoms with Gasteiger partial charge in [0.1, 0.15) is 0 Å². The van der Waals surface area contributed by atoms with Gasteiger partial charge in [0.2, 0.25) is 0 Å². The molecule has 3 nitrogen and oxygen atoms in total. The van der Waals surface area contributed by atoms with Crippen LogP contribution in [-0.4, -0.2) is 39.5 Å². The predicted molar refractivity (Wildman–Crippen MR) is 62.1 cm³/mol. The summed E-state index contributed by atoms with van der Waals surface area (Å²) in [6.07, 6.45) is 3.41. The Balaban J connectivity index is 2.23. The van der Waals surface area contributed by atoms with Gasteiger partial charge in [0.15, 0.2) is 0 Å². The second-order valence-electron chi connectivity index (χ2n) is 4.45. The molecular weight excluding hydrogens is 190 g/mol. The van der Waals surface area contributed by atoms with E-state index in [1.165, 1.54) is 6.42 Å². The van der Waals surface area contributed by atoms with Gasteiger partial charge in [-0.05, 0) is 25.8 Å². The topological polar surface area (TPSA) is 30.5 Å². The van der Waals surface area contributed by atoms with Crippen molar-refractivity contribution in [3.05, 3.63) is 0 Å². The molecule has 1 saturated heterocycles. The maximum absolute atomic E-state index is 5.57. The van der Waals surface area contributed by atoms with Gasteiger partial charge in [-0.2, -0.15) is 0 Å². The Morgan fingerprint density at radius 3 is 2.80 bits per heavy atom. The van der Waals surface area contributed by atoms with E-state index in [0.717, 1.165) is 52.4 Å². The summed E-state index contributed by atoms with van der Waals surface area (Å²) < 4.78 is 11.1. The molecule has 1 unspecified atom stereocenters. The lowest BCUT2D eigenvalue weighted by atomic mass is 9.84. The fraction of sp³-hybridized carbons (Fsp3) is 1.00. The van der Waals surface area contributed by atoms with Crippen molar-refractivity contribution in [3.63, 3.8) is 0 Å². The lowest BCUT2D eigenvalue weighted by molar-refractivity contribution is 0.0809. The highest BCUT2D eigenvalue weighted by Crippen LogP contribution is 2.31. The molecule has 0 aromatic rings. The first kappa shape index (κ1) is 12.9. The molecule has 90 valence electrons. The molecule has 0 radical (unpaired) electrons. The molecule has 0 amide bonds. The van der Waals surface area contributed by atoms with Crippen LogP contribution in [0.3, 0.4) is 0 Å². The third-order valence-electron chi connectivity index (χ3n) is 3.06. The van der Waals surface area contributed by atoms with Crippen molar-refractivity contribution < 1.29 is 9.47 Å². The van der Waals surface area contributed by atoms with Gasteiger partial charge in [-0.1, -0.05) is 13.8 Å². The molecule has 0 saturated carbocycles. The number of rotatable bonds is 8. The second kappa shape index (κ2) is 7.20. The van der Waals surface area contributed by atoms with Gasteiger partial charge < -0.3 is 14.8 Å². The van der Waals surface area contributed by atoms with E-state index in [-0.39, 0.29) is 0 Å². The molecule has 1 atom stereocenters. The van der Waals surface area contributed by atoms with E-state index in [1.807, 2.05) is 0 Å². The molecule has 1 aliphatic rings. The monoisotopic (exact) mass is 215 g/mol. The standard InChI is InChI=1S/C12H25NO2/c1-3-7-14-8-5-12(10-13-4-2)6-9-15-11-12/h13H,3-11H2,1-2H3. The molecule has 0 bridgehead atoms. The number of hydrogen-bond acceptors (Lipinski definition) is 3. The minimum Gasteiger partial charge on any atom is -0.381 e. The van der Waals surface area contributed by atoms with Crippen LogP contribution in [0.25, 0.3) is 0 Å². The van der Waals surface area contributed by atoms with Crippen LogP contribution in [0.5, 0.6) is 0 Å². The Kier molecular flexibility index (Phi) is 6.22. The van der Waals surface area contributed by atoms with Crippen LogP contribution < -0.4 is 5.32 Å². The molecule has 1 aliphatic heterocycles. The first-order valence-corrected chi connectivity index (χ1v) is 6.19. The molecule has 1 fully saturated rings. The van der Waals surface area contributed by atoms with Gasteiger partial charge in [0.05, 0.1) is 6.61 Å². The molecule has 3 heteroatoms. The second-order valence-corrected chi connectivity index (χ2v) is 4.45. The number of ether oxygens (including phenoxy) is 2. The Labute approximate surface area is 93.5 Å². The van der Waals surface area contributed by atoms with Crippen molar-refractivity contribution in [3.8, 4) is 0 Å². The maximum Gasteiger partial charge on any atom is 0.0536 e. The lowest BCUT2D eigenvalue weighted by Gasteiger charge is -2.27. The molecule has 0 aromatic heterocycles. The predicted octanol–water partition coefficient (Wildman–Crippen LogP) is 1.82. The van der Waals surface area contributed by atoms with E-state index in [9.17, 15) is 0 Å². The summed E-state index contributed by atoms with van der Waals surface area (Å²) in [6, 6.07) is 0. The average Bonchev–Trinajstić information content (AvgIpc) is 2.71. The van der Waals surface area contributed by atoms with Crippen LogP contribution in [0, 0.1) is 5.41 Å². The zero-order valence-corrected chi connectivity index (χ0v) is 10.2. The Bertz CT molecular complexity index is 156. The van der Waals surface area contributed by atoms with Crippen molar-refractivity contribution >= 4 is 0 Å². The highest BCUT2D eigenvalue weighted by molar-refractivity contribution is 4.85. The molecule has 1 heterocycles. The molecule has 1 rings (SSSR count). The van der Waals surface area contributed by atoms with Crippen LogP contribution in [0.15, 0.2) is 0 Å². The van der Waals surface area contributed by atoms with E-state index in [4.69, 9.17) is 9.47 Å². The quantitative estimate of drug-likeness (QED) is 0.627. The summed E-state index contributed by atoms with van der Waals surface area (Å²) in [5.41, 5.74) is 0.337. The molecule has 0 aliphatic carbocycles. The number of nitrogens with one attached hydrogen (secondary N) is 1. The fourth-order valence-corrected chi connectivity index (χ4v) is 2.00. The van der Waals surface area contributed by atoms with Gasteiger partial charge in [0.25, 0.3) is 0 Å². The first-order chi connectivity index (χ1) is 7.33. The largest absolute Gasteiger partial charge is 0.381 e. The lowest BCUT2D eigenvalue weighted by Crippen LogP contribution is -2.35. The normalized spacial score (nSPS) is 26.0. The highest BCUT2D eigenvalue weighted by Gasteiger charge is 2.33. The molecule has 15 heavy (non-hydrogen) atoms. The minimum atomic E-state index is 0.337. The van der Waals surface area contributed by atoms with E-state index in [2.05, 4.69) is 19.2 Å². The number of hydrogen-bond donors (Lipinski definition) is 1. The van der Waals surface area contributed by atoms with Crippen LogP contribution >= 0.6 is 0 Å². The van der Waals surface area contributed by atoms with Crippen molar-refractivity contribution in [1.29, 1.82) is 0 Å². The zero-order chi connectivity index (χ0) is 11.0. The molecular formula is C12H25NO2. The van der Waals surface area contributed by atoms with Gasteiger partial charge in [-0.15, -0.1) is 0 Å². The van der Waals surface area contributed by atoms with Crippen molar-refractivity contribution in [1.82, 2.24) is 5.32 Å². The first-order valence-electron chi connectivity index (χ1n) is 6.19. The minimum absolute atomic E-state index is 0.337. The smallest absolute Gasteiger partial charge is 0.0536 e. The van der Waals surface area contributed by atoms with Crippen LogP contribution in [0.1, 0.15) is 33.1 Å². The van der Waals surface area contributed by atoms with Crippen LogP contribution in [-0.2, 0) is 9.47 Å². The van der Waals surface area contributed by atoms with E-state index in [0.29, 0.717) is 5.41 Å². The van der Waals surface area contributed by atoms with Gasteiger partial charge >= 0.3 is 0 Å². The SMILES string of the molecule is CCCOCCC1(CNCC)CCOC1. The van der Waals surface area contributed by atoms with Crippen molar-refractivity contribution in [2.45, 2.75) is 33.1 Å². The molecule has 1 N–H and O–H groups in total. The van der Waals surface area contributed by atoms with Gasteiger partial charge in [0, 0.05) is 31.8 Å². The van der Waals surface area contributed by atoms with Crippen molar-refractivity contribution in [2.24, 2.45) is 5.41 Å².